The van der Waals surface area contributed by atoms with Gasteiger partial charge in [-0.2, -0.15) is 5.10 Å². The maximum Gasteiger partial charge on any atom is 0.128 e. The lowest BCUT2D eigenvalue weighted by Crippen LogP contribution is -2.04. The van der Waals surface area contributed by atoms with Crippen LogP contribution in [-0.2, 0) is 13.0 Å². The summed E-state index contributed by atoms with van der Waals surface area (Å²) < 4.78 is 2.06. The molecular weight excluding hydrogens is 198 g/mol. The summed E-state index contributed by atoms with van der Waals surface area (Å²) >= 11 is 0. The molecule has 16 heavy (non-hydrogen) atoms. The Morgan fingerprint density at radius 1 is 1.31 bits per heavy atom. The molecule has 3 heteroatoms. The van der Waals surface area contributed by atoms with Gasteiger partial charge in [-0.25, -0.2) is 4.68 Å². The molecule has 0 aliphatic carbocycles. The molecule has 0 saturated carbocycles. The van der Waals surface area contributed by atoms with Crippen molar-refractivity contribution in [2.24, 2.45) is 0 Å². The van der Waals surface area contributed by atoms with E-state index in [1.165, 1.54) is 16.9 Å². The van der Waals surface area contributed by atoms with Crippen LogP contribution in [0.25, 0.3) is 11.3 Å². The second kappa shape index (κ2) is 3.67. The second-order valence-electron chi connectivity index (χ2n) is 4.03. The molecule has 3 rings (SSSR count). The molecule has 0 saturated heterocycles. The number of nitrogens with one attached hydrogen (secondary N) is 1. The smallest absolute Gasteiger partial charge is 0.128 e. The van der Waals surface area contributed by atoms with E-state index in [1.54, 1.807) is 0 Å². The predicted molar refractivity (Wildman–Crippen MR) is 65.5 cm³/mol. The number of hydrogen-bond donors (Lipinski definition) is 1. The summed E-state index contributed by atoms with van der Waals surface area (Å²) in [5.41, 5.74) is 3.73. The van der Waals surface area contributed by atoms with E-state index in [4.69, 9.17) is 0 Å². The van der Waals surface area contributed by atoms with Gasteiger partial charge in [-0.3, -0.25) is 0 Å². The second-order valence-corrected chi connectivity index (χ2v) is 4.03. The van der Waals surface area contributed by atoms with Crippen LogP contribution in [0.3, 0.4) is 0 Å². The van der Waals surface area contributed by atoms with Crippen LogP contribution in [-0.4, -0.2) is 16.3 Å². The third-order valence-corrected chi connectivity index (χ3v) is 3.06. The molecule has 0 unspecified atom stereocenters. The first-order chi connectivity index (χ1) is 7.90. The van der Waals surface area contributed by atoms with Gasteiger partial charge in [-0.15, -0.1) is 0 Å². The summed E-state index contributed by atoms with van der Waals surface area (Å²) in [4.78, 5) is 0. The number of rotatable bonds is 2. The van der Waals surface area contributed by atoms with Crippen molar-refractivity contribution in [3.8, 4) is 11.3 Å². The zero-order valence-electron chi connectivity index (χ0n) is 9.40. The van der Waals surface area contributed by atoms with Gasteiger partial charge in [0, 0.05) is 24.2 Å². The van der Waals surface area contributed by atoms with E-state index >= 15 is 0 Å². The number of nitrogens with zero attached hydrogens (tertiary/aromatic N) is 2. The summed E-state index contributed by atoms with van der Waals surface area (Å²) in [6.07, 6.45) is 1.08. The highest BCUT2D eigenvalue weighted by Crippen LogP contribution is 2.32. The van der Waals surface area contributed by atoms with Crippen molar-refractivity contribution in [2.45, 2.75) is 19.9 Å². The monoisotopic (exact) mass is 213 g/mol. The molecule has 82 valence electrons. The largest absolute Gasteiger partial charge is 0.370 e. The minimum Gasteiger partial charge on any atom is -0.370 e. The molecule has 2 heterocycles. The van der Waals surface area contributed by atoms with Gasteiger partial charge in [0.2, 0.25) is 0 Å². The Hall–Kier alpha value is -1.77. The van der Waals surface area contributed by atoms with Crippen molar-refractivity contribution in [3.63, 3.8) is 0 Å². The standard InChI is InChI=1S/C13H15N3/c1-2-16-13-11(8-9-14-13)12(15-16)10-6-4-3-5-7-10/h3-7,14H,2,8-9H2,1H3. The molecule has 0 atom stereocenters. The SMILES string of the molecule is CCn1nc(-c2ccccc2)c2c1NCC2. The van der Waals surface area contributed by atoms with E-state index in [1.807, 2.05) is 6.07 Å². The average molecular weight is 213 g/mol. The fourth-order valence-electron chi connectivity index (χ4n) is 2.30. The van der Waals surface area contributed by atoms with Gasteiger partial charge in [0.1, 0.15) is 5.82 Å². The summed E-state index contributed by atoms with van der Waals surface area (Å²) in [5.74, 6) is 1.21. The molecule has 1 aromatic heterocycles. The molecule has 0 bridgehead atoms. The van der Waals surface area contributed by atoms with Crippen LogP contribution < -0.4 is 5.32 Å². The highest BCUT2D eigenvalue weighted by atomic mass is 15.3. The lowest BCUT2D eigenvalue weighted by molar-refractivity contribution is 0.668. The van der Waals surface area contributed by atoms with E-state index in [-0.39, 0.29) is 0 Å². The summed E-state index contributed by atoms with van der Waals surface area (Å²) in [5, 5.41) is 8.08. The van der Waals surface area contributed by atoms with Crippen LogP contribution in [0, 0.1) is 0 Å². The van der Waals surface area contributed by atoms with Crippen molar-refractivity contribution in [2.75, 3.05) is 11.9 Å². The first-order valence-electron chi connectivity index (χ1n) is 5.79. The Bertz CT molecular complexity index is 499. The third-order valence-electron chi connectivity index (χ3n) is 3.06. The molecule has 3 nitrogen and oxygen atoms in total. The predicted octanol–water partition coefficient (Wildman–Crippen LogP) is 2.54. The molecule has 2 aromatic rings. The first-order valence-corrected chi connectivity index (χ1v) is 5.79. The molecular formula is C13H15N3. The Morgan fingerprint density at radius 2 is 2.12 bits per heavy atom. The van der Waals surface area contributed by atoms with E-state index in [9.17, 15) is 0 Å². The van der Waals surface area contributed by atoms with Crippen molar-refractivity contribution in [3.05, 3.63) is 35.9 Å². The number of hydrogen-bond acceptors (Lipinski definition) is 2. The number of aryl methyl sites for hydroxylation is 1. The summed E-state index contributed by atoms with van der Waals surface area (Å²) in [6, 6.07) is 10.4. The van der Waals surface area contributed by atoms with Gasteiger partial charge < -0.3 is 5.32 Å². The van der Waals surface area contributed by atoms with Crippen LogP contribution in [0.4, 0.5) is 5.82 Å². The van der Waals surface area contributed by atoms with Crippen LogP contribution in [0.5, 0.6) is 0 Å². The Kier molecular flexibility index (Phi) is 2.17. The van der Waals surface area contributed by atoms with Gasteiger partial charge in [-0.1, -0.05) is 30.3 Å². The van der Waals surface area contributed by atoms with Gasteiger partial charge >= 0.3 is 0 Å². The lowest BCUT2D eigenvalue weighted by atomic mass is 10.1. The van der Waals surface area contributed by atoms with Crippen LogP contribution in [0.2, 0.25) is 0 Å². The van der Waals surface area contributed by atoms with Gasteiger partial charge in [-0.05, 0) is 13.3 Å². The highest BCUT2D eigenvalue weighted by molar-refractivity contribution is 5.71. The lowest BCUT2D eigenvalue weighted by Gasteiger charge is -2.01. The summed E-state index contributed by atoms with van der Waals surface area (Å²) in [7, 11) is 0. The first kappa shape index (κ1) is 9.46. The van der Waals surface area contributed by atoms with Crippen LogP contribution >= 0.6 is 0 Å². The van der Waals surface area contributed by atoms with E-state index < -0.39 is 0 Å². The number of aromatic nitrogens is 2. The molecule has 0 spiro atoms. The van der Waals surface area contributed by atoms with Gasteiger partial charge in [0.25, 0.3) is 0 Å². The maximum absolute atomic E-state index is 4.67. The van der Waals surface area contributed by atoms with E-state index in [2.05, 4.69) is 46.3 Å². The van der Waals surface area contributed by atoms with Crippen LogP contribution in [0.15, 0.2) is 30.3 Å². The van der Waals surface area contributed by atoms with Crippen molar-refractivity contribution in [1.82, 2.24) is 9.78 Å². The third kappa shape index (κ3) is 1.32. The zero-order chi connectivity index (χ0) is 11.0. The molecule has 1 aliphatic heterocycles. The van der Waals surface area contributed by atoms with E-state index in [0.29, 0.717) is 0 Å². The van der Waals surface area contributed by atoms with E-state index in [0.717, 1.165) is 25.2 Å². The molecule has 0 fully saturated rings. The topological polar surface area (TPSA) is 29.9 Å². The Labute approximate surface area is 95.1 Å². The molecule has 0 radical (unpaired) electrons. The molecule has 0 amide bonds. The molecule has 1 N–H and O–H groups in total. The van der Waals surface area contributed by atoms with Crippen LogP contribution in [0.1, 0.15) is 12.5 Å². The van der Waals surface area contributed by atoms with Crippen molar-refractivity contribution in [1.29, 1.82) is 0 Å². The molecule has 1 aromatic carbocycles. The fraction of sp³-hybridized carbons (Fsp3) is 0.308. The minimum absolute atomic E-state index is 0.919. The molecule has 1 aliphatic rings. The maximum atomic E-state index is 4.67. The Balaban J connectivity index is 2.15. The minimum atomic E-state index is 0.919. The fourth-order valence-corrected chi connectivity index (χ4v) is 2.30. The average Bonchev–Trinajstić information content (AvgIpc) is 2.91. The number of anilines is 1. The van der Waals surface area contributed by atoms with Gasteiger partial charge in [0.05, 0.1) is 5.69 Å². The normalized spacial score (nSPS) is 13.6. The van der Waals surface area contributed by atoms with Gasteiger partial charge in [0.15, 0.2) is 0 Å². The zero-order valence-corrected chi connectivity index (χ0v) is 9.40. The number of fused-ring (bicyclic) bond motifs is 1. The number of benzene rings is 1. The quantitative estimate of drug-likeness (QED) is 0.830. The summed E-state index contributed by atoms with van der Waals surface area (Å²) in [6.45, 7) is 4.08. The van der Waals surface area contributed by atoms with Crippen molar-refractivity contribution >= 4 is 5.82 Å². The highest BCUT2D eigenvalue weighted by Gasteiger charge is 2.21. The van der Waals surface area contributed by atoms with Crippen molar-refractivity contribution < 1.29 is 0 Å². The Morgan fingerprint density at radius 3 is 2.88 bits per heavy atom.